The molecule has 0 bridgehead atoms. The van der Waals surface area contributed by atoms with E-state index in [4.69, 9.17) is 16.4 Å². The van der Waals surface area contributed by atoms with Crippen molar-refractivity contribution in [3.63, 3.8) is 0 Å². The van der Waals surface area contributed by atoms with Gasteiger partial charge in [-0.15, -0.1) is 0 Å². The van der Waals surface area contributed by atoms with Gasteiger partial charge in [-0.05, 0) is 6.42 Å². The quantitative estimate of drug-likeness (QED) is 0.560. The first-order chi connectivity index (χ1) is 4.79. The van der Waals surface area contributed by atoms with E-state index in [0.29, 0.717) is 13.2 Å². The lowest BCUT2D eigenvalue weighted by Crippen LogP contribution is -2.26. The molecule has 2 radical (unpaired) electrons. The van der Waals surface area contributed by atoms with Gasteiger partial charge in [0.05, 0.1) is 19.6 Å². The van der Waals surface area contributed by atoms with Crippen molar-refractivity contribution in [1.29, 1.82) is 0 Å². The van der Waals surface area contributed by atoms with Crippen LogP contribution in [0, 0.1) is 6.92 Å². The van der Waals surface area contributed by atoms with Gasteiger partial charge in [-0.2, -0.15) is 0 Å². The van der Waals surface area contributed by atoms with E-state index >= 15 is 0 Å². The van der Waals surface area contributed by atoms with Gasteiger partial charge in [-0.3, -0.25) is 4.79 Å². The van der Waals surface area contributed by atoms with Crippen molar-refractivity contribution in [2.45, 2.75) is 19.1 Å². The summed E-state index contributed by atoms with van der Waals surface area (Å²) in [5.41, 5.74) is 0. The Hall–Kier alpha value is -0.410. The molecule has 0 spiro atoms. The summed E-state index contributed by atoms with van der Waals surface area (Å²) in [6.45, 7) is 6.25. The molecule has 0 unspecified atom stereocenters. The van der Waals surface area contributed by atoms with Crippen molar-refractivity contribution in [3.05, 3.63) is 6.92 Å². The third kappa shape index (κ3) is 2.45. The Balaban J connectivity index is 2.19. The smallest absolute Gasteiger partial charge is 0.164 e. The van der Waals surface area contributed by atoms with Crippen LogP contribution in [0.25, 0.3) is 0 Å². The summed E-state index contributed by atoms with van der Waals surface area (Å²) in [6.07, 6.45) is 0.668. The molecule has 10 heavy (non-hydrogen) atoms. The van der Waals surface area contributed by atoms with E-state index in [-0.39, 0.29) is 12.2 Å². The molecule has 1 fully saturated rings. The minimum atomic E-state index is -0.397. The van der Waals surface area contributed by atoms with Gasteiger partial charge in [0.2, 0.25) is 0 Å². The fraction of sp³-hybridized carbons (Fsp3) is 0.714. The van der Waals surface area contributed by atoms with Crippen LogP contribution < -0.4 is 0 Å². The molecule has 56 valence electrons. The van der Waals surface area contributed by atoms with E-state index < -0.39 is 6.29 Å². The summed E-state index contributed by atoms with van der Waals surface area (Å²) in [5.74, 6) is -0.383. The predicted octanol–water partition coefficient (Wildman–Crippen LogP) is 0.420. The summed E-state index contributed by atoms with van der Waals surface area (Å²) in [5, 5.41) is 0. The van der Waals surface area contributed by atoms with E-state index in [1.54, 1.807) is 0 Å². The highest BCUT2D eigenvalue weighted by atomic mass is 16.7. The maximum Gasteiger partial charge on any atom is 0.164 e. The molecule has 1 aliphatic heterocycles. The molecule has 0 amide bonds. The van der Waals surface area contributed by atoms with Crippen LogP contribution in [0.4, 0.5) is 0 Å². The van der Waals surface area contributed by atoms with Crippen molar-refractivity contribution < 1.29 is 14.3 Å². The molecule has 0 aromatic heterocycles. The van der Waals surface area contributed by atoms with Gasteiger partial charge in [-0.25, -0.2) is 0 Å². The van der Waals surface area contributed by atoms with Gasteiger partial charge in [-0.1, -0.05) is 0 Å². The minimum absolute atomic E-state index is 0.167. The zero-order valence-electron chi connectivity index (χ0n) is 5.71. The van der Waals surface area contributed by atoms with Crippen LogP contribution in [-0.2, 0) is 14.3 Å². The number of hydrogen-bond donors (Lipinski definition) is 0. The van der Waals surface area contributed by atoms with Crippen molar-refractivity contribution in [3.8, 4) is 0 Å². The van der Waals surface area contributed by atoms with Gasteiger partial charge >= 0.3 is 0 Å². The molecule has 1 rings (SSSR count). The molecule has 0 aromatic carbocycles. The third-order valence-corrected chi connectivity index (χ3v) is 1.26. The number of carbonyl (C=O) groups excluding carboxylic acids is 1. The normalized spacial score (nSPS) is 20.9. The number of rotatable bonds is 2. The van der Waals surface area contributed by atoms with Gasteiger partial charge in [0, 0.05) is 6.92 Å². The number of ether oxygens (including phenoxy) is 2. The summed E-state index contributed by atoms with van der Waals surface area (Å²) in [7, 11) is 0. The second-order valence-electron chi connectivity index (χ2n) is 2.20. The maximum absolute atomic E-state index is 10.3. The Kier molecular flexibility index (Phi) is 2.83. The molecule has 0 atom stereocenters. The second kappa shape index (κ2) is 3.68. The molecule has 3 heteroatoms. The van der Waals surface area contributed by atoms with Gasteiger partial charge < -0.3 is 9.47 Å². The Bertz CT molecular complexity index is 116. The van der Waals surface area contributed by atoms with Crippen molar-refractivity contribution in [2.24, 2.45) is 0 Å². The van der Waals surface area contributed by atoms with Crippen molar-refractivity contribution >= 4 is 5.78 Å². The molecular formula is C7H10O3. The average molecular weight is 142 g/mol. The standard InChI is InChI=1S/C7H10O3/c1-6(8)5-7-9-3-2-4-10-7/h1,7H,2-5H2. The number of Topliss-reactive ketones (excluding diaryl/α,β-unsaturated/α-hetero) is 1. The highest BCUT2D eigenvalue weighted by Crippen LogP contribution is 2.07. The summed E-state index contributed by atoms with van der Waals surface area (Å²) < 4.78 is 10.1. The van der Waals surface area contributed by atoms with E-state index in [1.807, 2.05) is 0 Å². The molecule has 3 nitrogen and oxygen atoms in total. The highest BCUT2D eigenvalue weighted by molar-refractivity contribution is 5.82. The zero-order chi connectivity index (χ0) is 7.40. The van der Waals surface area contributed by atoms with Crippen LogP contribution >= 0.6 is 0 Å². The van der Waals surface area contributed by atoms with Crippen LogP contribution in [0.15, 0.2) is 0 Å². The predicted molar refractivity (Wildman–Crippen MR) is 34.2 cm³/mol. The Morgan fingerprint density at radius 1 is 1.50 bits per heavy atom. The van der Waals surface area contributed by atoms with Gasteiger partial charge in [0.15, 0.2) is 6.29 Å². The molecule has 0 saturated carbocycles. The lowest BCUT2D eigenvalue weighted by molar-refractivity contribution is -0.182. The number of ketones is 1. The van der Waals surface area contributed by atoms with E-state index in [2.05, 4.69) is 0 Å². The maximum atomic E-state index is 10.3. The summed E-state index contributed by atoms with van der Waals surface area (Å²) >= 11 is 0. The first-order valence-corrected chi connectivity index (χ1v) is 3.30. The topological polar surface area (TPSA) is 35.5 Å². The van der Waals surface area contributed by atoms with Gasteiger partial charge in [0.1, 0.15) is 5.78 Å². The van der Waals surface area contributed by atoms with Gasteiger partial charge in [0.25, 0.3) is 0 Å². The third-order valence-electron chi connectivity index (χ3n) is 1.26. The second-order valence-corrected chi connectivity index (χ2v) is 2.20. The van der Waals surface area contributed by atoms with E-state index in [0.717, 1.165) is 6.42 Å². The number of hydrogen-bond acceptors (Lipinski definition) is 3. The van der Waals surface area contributed by atoms with Crippen LogP contribution in [0.5, 0.6) is 0 Å². The largest absolute Gasteiger partial charge is 0.352 e. The zero-order valence-corrected chi connectivity index (χ0v) is 5.71. The van der Waals surface area contributed by atoms with Crippen LogP contribution in [-0.4, -0.2) is 25.3 Å². The molecule has 0 aromatic rings. The van der Waals surface area contributed by atoms with Crippen LogP contribution in [0.3, 0.4) is 0 Å². The Morgan fingerprint density at radius 2 is 2.10 bits per heavy atom. The number of carbonyl (C=O) groups is 1. The molecule has 1 heterocycles. The fourth-order valence-corrected chi connectivity index (χ4v) is 0.819. The highest BCUT2D eigenvalue weighted by Gasteiger charge is 2.15. The van der Waals surface area contributed by atoms with Crippen LogP contribution in [0.1, 0.15) is 12.8 Å². The molecular weight excluding hydrogens is 132 g/mol. The average Bonchev–Trinajstić information content (AvgIpc) is 1.88. The SMILES string of the molecule is [CH]C(=O)CC1OCCCO1. The lowest BCUT2D eigenvalue weighted by atomic mass is 10.3. The first kappa shape index (κ1) is 7.69. The summed E-state index contributed by atoms with van der Waals surface area (Å²) in [6, 6.07) is 0. The van der Waals surface area contributed by atoms with Crippen molar-refractivity contribution in [1.82, 2.24) is 0 Å². The molecule has 0 aliphatic carbocycles. The lowest BCUT2D eigenvalue weighted by Gasteiger charge is -2.21. The van der Waals surface area contributed by atoms with Crippen LogP contribution in [0.2, 0.25) is 0 Å². The molecule has 1 aliphatic rings. The molecule has 1 saturated heterocycles. The van der Waals surface area contributed by atoms with Crippen molar-refractivity contribution in [2.75, 3.05) is 13.2 Å². The van der Waals surface area contributed by atoms with E-state index in [9.17, 15) is 4.79 Å². The molecule has 0 N–H and O–H groups in total. The Labute approximate surface area is 60.3 Å². The first-order valence-electron chi connectivity index (χ1n) is 3.30. The Morgan fingerprint density at radius 3 is 2.60 bits per heavy atom. The fourth-order valence-electron chi connectivity index (χ4n) is 0.819. The minimum Gasteiger partial charge on any atom is -0.352 e. The van der Waals surface area contributed by atoms with E-state index in [1.165, 1.54) is 0 Å². The monoisotopic (exact) mass is 142 g/mol. The summed E-state index contributed by atoms with van der Waals surface area (Å²) in [4.78, 5) is 10.3.